The molecule has 0 unspecified atom stereocenters. The van der Waals surface area contributed by atoms with Gasteiger partial charge >= 0.3 is 5.97 Å². The van der Waals surface area contributed by atoms with Gasteiger partial charge in [0.1, 0.15) is 23.8 Å². The normalized spacial score (nSPS) is 15.4. The van der Waals surface area contributed by atoms with Gasteiger partial charge in [0.15, 0.2) is 5.11 Å². The van der Waals surface area contributed by atoms with Crippen LogP contribution in [0.5, 0.6) is 0 Å². The number of amides is 1. The number of nitrogens with zero attached hydrogens (tertiary/aromatic N) is 3. The van der Waals surface area contributed by atoms with Crippen LogP contribution in [0.2, 0.25) is 0 Å². The lowest BCUT2D eigenvalue weighted by atomic mass is 10.1. The Hall–Kier alpha value is -3.53. The maximum absolute atomic E-state index is 12.4. The van der Waals surface area contributed by atoms with Gasteiger partial charge in [0.25, 0.3) is 11.6 Å². The molecule has 144 valence electrons. The number of non-ortho nitro benzene ring substituents is 1. The van der Waals surface area contributed by atoms with Crippen LogP contribution in [0.1, 0.15) is 5.76 Å². The molecule has 10 heteroatoms. The predicted octanol–water partition coefficient (Wildman–Crippen LogP) is 2.43. The third kappa shape index (κ3) is 3.62. The van der Waals surface area contributed by atoms with E-state index in [1.54, 1.807) is 24.3 Å². The number of nitro benzene ring substituents is 1. The number of rotatable bonds is 5. The van der Waals surface area contributed by atoms with Crippen molar-refractivity contribution in [2.45, 2.75) is 0 Å². The van der Waals surface area contributed by atoms with Crippen molar-refractivity contribution in [2.75, 3.05) is 20.7 Å². The molecule has 1 fully saturated rings. The van der Waals surface area contributed by atoms with Crippen LogP contribution in [-0.4, -0.2) is 52.4 Å². The van der Waals surface area contributed by atoms with Gasteiger partial charge in [0.2, 0.25) is 0 Å². The molecule has 0 saturated carbocycles. The number of likely N-dealkylation sites (N-methyl/N-ethyl adjacent to an activating group) is 1. The zero-order valence-electron chi connectivity index (χ0n) is 14.9. The molecule has 0 radical (unpaired) electrons. The number of hydrogen-bond donors (Lipinski definition) is 0. The monoisotopic (exact) mass is 401 g/mol. The van der Waals surface area contributed by atoms with E-state index >= 15 is 0 Å². The summed E-state index contributed by atoms with van der Waals surface area (Å²) in [5.41, 5.74) is 0.804. The van der Waals surface area contributed by atoms with Gasteiger partial charge in [-0.3, -0.25) is 24.6 Å². The first-order valence-corrected chi connectivity index (χ1v) is 8.45. The lowest BCUT2D eigenvalue weighted by molar-refractivity contribution is -0.384. The number of methoxy groups -OCH3 is 1. The summed E-state index contributed by atoms with van der Waals surface area (Å²) in [5.74, 6) is -0.0723. The van der Waals surface area contributed by atoms with Gasteiger partial charge in [0, 0.05) is 30.8 Å². The highest BCUT2D eigenvalue weighted by atomic mass is 32.1. The first-order valence-electron chi connectivity index (χ1n) is 8.04. The summed E-state index contributed by atoms with van der Waals surface area (Å²) in [6, 6.07) is 9.22. The summed E-state index contributed by atoms with van der Waals surface area (Å²) in [6.07, 6.45) is 1.48. The Morgan fingerprint density at radius 2 is 1.96 bits per heavy atom. The summed E-state index contributed by atoms with van der Waals surface area (Å²) < 4.78 is 10.4. The molecule has 0 N–H and O–H groups in total. The zero-order valence-corrected chi connectivity index (χ0v) is 15.8. The van der Waals surface area contributed by atoms with Gasteiger partial charge in [-0.15, -0.1) is 0 Å². The molecule has 0 spiro atoms. The van der Waals surface area contributed by atoms with E-state index in [2.05, 4.69) is 4.74 Å². The van der Waals surface area contributed by atoms with Crippen molar-refractivity contribution in [3.8, 4) is 11.3 Å². The minimum Gasteiger partial charge on any atom is -0.468 e. The zero-order chi connectivity index (χ0) is 20.4. The fourth-order valence-electron chi connectivity index (χ4n) is 2.61. The van der Waals surface area contributed by atoms with Gasteiger partial charge in [-0.05, 0) is 36.5 Å². The van der Waals surface area contributed by atoms with Crippen LogP contribution < -0.4 is 0 Å². The van der Waals surface area contributed by atoms with Crippen molar-refractivity contribution < 1.29 is 23.7 Å². The molecular formula is C18H15N3O6S. The Bertz CT molecular complexity index is 995. The third-order valence-electron chi connectivity index (χ3n) is 4.12. The molecule has 28 heavy (non-hydrogen) atoms. The summed E-state index contributed by atoms with van der Waals surface area (Å²) >= 11 is 5.21. The van der Waals surface area contributed by atoms with E-state index in [4.69, 9.17) is 16.6 Å². The molecule has 1 aliphatic heterocycles. The molecule has 9 nitrogen and oxygen atoms in total. The standard InChI is InChI=1S/C18H15N3O6S/c1-19-17(23)14(20(18(19)28)10-16(22)26-2)9-13-7-8-15(27-13)11-3-5-12(6-4-11)21(24)25/h3-9H,10H2,1-2H3/b14-9+. The topological polar surface area (TPSA) is 106 Å². The van der Waals surface area contributed by atoms with E-state index in [1.165, 1.54) is 42.2 Å². The number of hydrogen-bond acceptors (Lipinski definition) is 7. The van der Waals surface area contributed by atoms with E-state index in [9.17, 15) is 19.7 Å². The second kappa shape index (κ2) is 7.61. The number of furan rings is 1. The van der Waals surface area contributed by atoms with Crippen molar-refractivity contribution in [1.29, 1.82) is 0 Å². The second-order valence-electron chi connectivity index (χ2n) is 5.84. The van der Waals surface area contributed by atoms with Gasteiger partial charge < -0.3 is 14.1 Å². The third-order valence-corrected chi connectivity index (χ3v) is 4.61. The minimum atomic E-state index is -0.539. The average molecular weight is 401 g/mol. The molecular weight excluding hydrogens is 386 g/mol. The first-order chi connectivity index (χ1) is 13.3. The summed E-state index contributed by atoms with van der Waals surface area (Å²) in [7, 11) is 2.76. The molecule has 2 heterocycles. The van der Waals surface area contributed by atoms with Crippen LogP contribution in [0.15, 0.2) is 46.5 Å². The number of benzene rings is 1. The van der Waals surface area contributed by atoms with Crippen molar-refractivity contribution >= 4 is 41.0 Å². The number of thiocarbonyl (C=S) groups is 1. The SMILES string of the molecule is COC(=O)CN1C(=S)N(C)C(=O)/C1=C\c1ccc(-c2ccc([N+](=O)[O-])cc2)o1. The van der Waals surface area contributed by atoms with Crippen LogP contribution in [0, 0.1) is 10.1 Å². The molecule has 0 atom stereocenters. The number of carbonyl (C=O) groups is 2. The summed E-state index contributed by atoms with van der Waals surface area (Å²) in [5, 5.41) is 10.9. The fourth-order valence-corrected chi connectivity index (χ4v) is 2.86. The Balaban J connectivity index is 1.89. The molecule has 0 bridgehead atoms. The molecule has 1 aromatic carbocycles. The van der Waals surface area contributed by atoms with E-state index in [0.717, 1.165) is 0 Å². The molecule has 2 aromatic rings. The number of nitro groups is 1. The molecule has 1 amide bonds. The highest BCUT2D eigenvalue weighted by molar-refractivity contribution is 7.80. The van der Waals surface area contributed by atoms with E-state index in [-0.39, 0.29) is 28.9 Å². The second-order valence-corrected chi connectivity index (χ2v) is 6.21. The van der Waals surface area contributed by atoms with Crippen LogP contribution in [-0.2, 0) is 14.3 Å². The Morgan fingerprint density at radius 1 is 1.29 bits per heavy atom. The summed E-state index contributed by atoms with van der Waals surface area (Å²) in [4.78, 5) is 37.0. The smallest absolute Gasteiger partial charge is 0.325 e. The maximum Gasteiger partial charge on any atom is 0.325 e. The highest BCUT2D eigenvalue weighted by Gasteiger charge is 2.37. The van der Waals surface area contributed by atoms with Gasteiger partial charge in [-0.1, -0.05) is 0 Å². The highest BCUT2D eigenvalue weighted by Crippen LogP contribution is 2.27. The van der Waals surface area contributed by atoms with Gasteiger partial charge in [0.05, 0.1) is 12.0 Å². The lowest BCUT2D eigenvalue weighted by Crippen LogP contribution is -2.33. The molecule has 0 aliphatic carbocycles. The van der Waals surface area contributed by atoms with Crippen molar-refractivity contribution in [3.63, 3.8) is 0 Å². The Labute approximate surface area is 164 Å². The fraction of sp³-hybridized carbons (Fsp3) is 0.167. The van der Waals surface area contributed by atoms with Crippen molar-refractivity contribution in [3.05, 3.63) is 58.0 Å². The molecule has 1 aliphatic rings. The Kier molecular flexibility index (Phi) is 5.23. The summed E-state index contributed by atoms with van der Waals surface area (Å²) in [6.45, 7) is -0.201. The van der Waals surface area contributed by atoms with Crippen molar-refractivity contribution in [2.24, 2.45) is 0 Å². The van der Waals surface area contributed by atoms with Gasteiger partial charge in [-0.2, -0.15) is 0 Å². The minimum absolute atomic E-state index is 0.0239. The number of esters is 1. The van der Waals surface area contributed by atoms with Crippen molar-refractivity contribution in [1.82, 2.24) is 9.80 Å². The van der Waals surface area contributed by atoms with Crippen LogP contribution in [0.25, 0.3) is 17.4 Å². The predicted molar refractivity (Wildman–Crippen MR) is 103 cm³/mol. The van der Waals surface area contributed by atoms with Crippen LogP contribution >= 0.6 is 12.2 Å². The molecule has 1 saturated heterocycles. The molecule has 3 rings (SSSR count). The number of carbonyl (C=O) groups excluding carboxylic acids is 2. The van der Waals surface area contributed by atoms with Crippen LogP contribution in [0.4, 0.5) is 5.69 Å². The Morgan fingerprint density at radius 3 is 2.57 bits per heavy atom. The quantitative estimate of drug-likeness (QED) is 0.247. The largest absolute Gasteiger partial charge is 0.468 e. The average Bonchev–Trinajstić information content (AvgIpc) is 3.23. The van der Waals surface area contributed by atoms with E-state index in [0.29, 0.717) is 17.1 Å². The molecule has 1 aromatic heterocycles. The van der Waals surface area contributed by atoms with E-state index in [1.807, 2.05) is 0 Å². The maximum atomic E-state index is 12.4. The van der Waals surface area contributed by atoms with E-state index < -0.39 is 10.9 Å². The lowest BCUT2D eigenvalue weighted by Gasteiger charge is -2.16. The first kappa shape index (κ1) is 19.2. The van der Waals surface area contributed by atoms with Gasteiger partial charge in [-0.25, -0.2) is 0 Å². The number of ether oxygens (including phenoxy) is 1. The van der Waals surface area contributed by atoms with Crippen LogP contribution in [0.3, 0.4) is 0 Å².